The maximum absolute atomic E-state index is 14.4. The molecule has 4 fully saturated rings. The van der Waals surface area contributed by atoms with Crippen molar-refractivity contribution in [2.24, 2.45) is 28.6 Å². The lowest BCUT2D eigenvalue weighted by atomic mass is 9.46. The first-order valence-corrected chi connectivity index (χ1v) is 13.0. The number of hydrogen-bond donors (Lipinski definition) is 4. The predicted octanol–water partition coefficient (Wildman–Crippen LogP) is 0.0643. The van der Waals surface area contributed by atoms with Gasteiger partial charge in [-0.2, -0.15) is 0 Å². The number of ether oxygens (including phenoxy) is 2. The summed E-state index contributed by atoms with van der Waals surface area (Å²) in [5.41, 5.74) is -9.53. The molecule has 2 bridgehead atoms. The highest BCUT2D eigenvalue weighted by atomic mass is 16.6. The molecule has 0 radical (unpaired) electrons. The van der Waals surface area contributed by atoms with Crippen LogP contribution in [-0.4, -0.2) is 79.0 Å². The minimum Gasteiger partial charge on any atom is -0.455 e. The number of aliphatic hydroxyl groups is 4. The third-order valence-electron chi connectivity index (χ3n) is 11.0. The van der Waals surface area contributed by atoms with Crippen LogP contribution in [0.15, 0.2) is 36.0 Å². The van der Waals surface area contributed by atoms with Crippen molar-refractivity contribution >= 4 is 23.5 Å². The van der Waals surface area contributed by atoms with Crippen LogP contribution in [-0.2, 0) is 28.7 Å². The van der Waals surface area contributed by atoms with Crippen LogP contribution in [0.2, 0.25) is 0 Å². The number of fused-ring (bicyclic) bond motifs is 7. The van der Waals surface area contributed by atoms with Crippen molar-refractivity contribution in [1.82, 2.24) is 0 Å². The molecule has 6 aliphatic rings. The summed E-state index contributed by atoms with van der Waals surface area (Å²) in [5, 5.41) is 47.4. The van der Waals surface area contributed by atoms with E-state index in [1.54, 1.807) is 13.0 Å². The van der Waals surface area contributed by atoms with Crippen LogP contribution in [0.4, 0.5) is 0 Å². The Morgan fingerprint density at radius 1 is 1.08 bits per heavy atom. The maximum Gasteiger partial charge on any atom is 0.342 e. The first kappa shape index (κ1) is 25.6. The van der Waals surface area contributed by atoms with Gasteiger partial charge < -0.3 is 29.9 Å². The minimum atomic E-state index is -2.64. The van der Waals surface area contributed by atoms with Gasteiger partial charge in [0.05, 0.1) is 17.4 Å². The Morgan fingerprint density at radius 3 is 2.45 bits per heavy atom. The molecule has 0 aromatic heterocycles. The van der Waals surface area contributed by atoms with Gasteiger partial charge >= 0.3 is 11.9 Å². The molecule has 4 N–H and O–H groups in total. The summed E-state index contributed by atoms with van der Waals surface area (Å²) >= 11 is 0. The number of Topliss-reactive ketones (excluding diaryl/α,β-unsaturated/α-hetero) is 1. The molecule has 0 aromatic carbocycles. The van der Waals surface area contributed by atoms with E-state index >= 15 is 0 Å². The molecular formula is C28H32O10. The summed E-state index contributed by atoms with van der Waals surface area (Å²) in [6, 6.07) is 0. The van der Waals surface area contributed by atoms with Crippen LogP contribution in [0.1, 0.15) is 46.5 Å². The lowest BCUT2D eigenvalue weighted by Crippen LogP contribution is -2.79. The molecule has 2 saturated carbocycles. The second-order valence-corrected chi connectivity index (χ2v) is 12.5. The van der Waals surface area contributed by atoms with Crippen LogP contribution in [0.5, 0.6) is 0 Å². The average molecular weight is 529 g/mol. The van der Waals surface area contributed by atoms with Crippen LogP contribution in [0.25, 0.3) is 0 Å². The number of carbonyl (C=O) groups is 4. The van der Waals surface area contributed by atoms with E-state index in [9.17, 15) is 39.6 Å². The van der Waals surface area contributed by atoms with E-state index < -0.39 is 87.8 Å². The monoisotopic (exact) mass is 528 g/mol. The number of rotatable bonds is 0. The van der Waals surface area contributed by atoms with Gasteiger partial charge in [-0.05, 0) is 51.5 Å². The van der Waals surface area contributed by atoms with Crippen molar-refractivity contribution in [3.05, 3.63) is 36.0 Å². The van der Waals surface area contributed by atoms with E-state index in [0.29, 0.717) is 12.0 Å². The lowest BCUT2D eigenvalue weighted by Gasteiger charge is -2.61. The van der Waals surface area contributed by atoms with Gasteiger partial charge in [-0.1, -0.05) is 31.2 Å². The Hall–Kier alpha value is -2.66. The molecule has 4 aliphatic carbocycles. The molecule has 204 valence electrons. The Balaban J connectivity index is 1.61. The second kappa shape index (κ2) is 7.29. The molecule has 0 amide bonds. The molecule has 0 aromatic rings. The zero-order valence-corrected chi connectivity index (χ0v) is 21.5. The SMILES string of the molecule is C=C1C(=O)O[C@@H]2C[C@@]1(C)C1C(=O)C(O)C3C(CC[C@]4(O)C(=O)O[C@]2(C)[C@@]14O)[C@@]1(C)C(=O)C=CCC1=C[C@H]3O. The van der Waals surface area contributed by atoms with E-state index in [2.05, 4.69) is 6.58 Å². The highest BCUT2D eigenvalue weighted by molar-refractivity contribution is 6.00. The third-order valence-corrected chi connectivity index (χ3v) is 11.0. The molecule has 2 saturated heterocycles. The first-order valence-electron chi connectivity index (χ1n) is 13.0. The first-order chi connectivity index (χ1) is 17.6. The van der Waals surface area contributed by atoms with Gasteiger partial charge in [0.25, 0.3) is 0 Å². The summed E-state index contributed by atoms with van der Waals surface area (Å²) in [4.78, 5) is 54.0. The number of ketones is 2. The highest BCUT2D eigenvalue weighted by Gasteiger charge is 2.85. The van der Waals surface area contributed by atoms with Gasteiger partial charge in [-0.3, -0.25) is 9.59 Å². The van der Waals surface area contributed by atoms with E-state index in [1.165, 1.54) is 26.0 Å². The number of allylic oxidation sites excluding steroid dienone is 3. The number of esters is 2. The van der Waals surface area contributed by atoms with Crippen molar-refractivity contribution in [3.8, 4) is 0 Å². The van der Waals surface area contributed by atoms with Crippen LogP contribution < -0.4 is 0 Å². The van der Waals surface area contributed by atoms with E-state index in [0.717, 1.165) is 0 Å². The van der Waals surface area contributed by atoms with E-state index in [1.807, 2.05) is 0 Å². The van der Waals surface area contributed by atoms with Crippen molar-refractivity contribution in [2.45, 2.75) is 81.6 Å². The van der Waals surface area contributed by atoms with Crippen LogP contribution >= 0.6 is 0 Å². The second-order valence-electron chi connectivity index (χ2n) is 12.5. The Bertz CT molecular complexity index is 1280. The van der Waals surface area contributed by atoms with Gasteiger partial charge in [0.15, 0.2) is 28.4 Å². The molecule has 6 rings (SSSR count). The largest absolute Gasteiger partial charge is 0.455 e. The molecule has 4 unspecified atom stereocenters. The zero-order chi connectivity index (χ0) is 27.8. The van der Waals surface area contributed by atoms with Gasteiger partial charge in [0.1, 0.15) is 12.2 Å². The predicted molar refractivity (Wildman–Crippen MR) is 128 cm³/mol. The minimum absolute atomic E-state index is 0.0510. The molecule has 11 atom stereocenters. The van der Waals surface area contributed by atoms with Crippen LogP contribution in [0, 0.1) is 28.6 Å². The smallest absolute Gasteiger partial charge is 0.342 e. The fourth-order valence-corrected chi connectivity index (χ4v) is 8.67. The topological polar surface area (TPSA) is 168 Å². The normalized spacial score (nSPS) is 53.4. The van der Waals surface area contributed by atoms with Crippen molar-refractivity contribution in [2.75, 3.05) is 0 Å². The molecule has 10 heteroatoms. The van der Waals surface area contributed by atoms with Gasteiger partial charge in [0, 0.05) is 16.9 Å². The number of aliphatic hydroxyl groups excluding tert-OH is 2. The zero-order valence-electron chi connectivity index (χ0n) is 21.5. The standard InChI is InChI=1S/C28H32O10/c1-12-22(33)37-17-11-24(12,2)21-20(32)19(31)18-14(25(3)13(10-15(18)29)6-5-7-16(25)30)8-9-27(35)23(34)38-26(17,4)28(21,27)36/h5,7,10,14-15,17-19,21,29,31,35-36H,1,6,8-9,11H2,2-4H3/t14?,15-,17-,18?,19?,21?,24-,25+,26+,27+,28+/m1/s1. The summed E-state index contributed by atoms with van der Waals surface area (Å²) < 4.78 is 11.1. The van der Waals surface area contributed by atoms with Crippen LogP contribution in [0.3, 0.4) is 0 Å². The summed E-state index contributed by atoms with van der Waals surface area (Å²) in [6.07, 6.45) is -0.0178. The Kier molecular flexibility index (Phi) is 4.92. The van der Waals surface area contributed by atoms with Gasteiger partial charge in [-0.25, -0.2) is 9.59 Å². The fraction of sp³-hybridized carbons (Fsp3) is 0.643. The van der Waals surface area contributed by atoms with Crippen molar-refractivity contribution in [3.63, 3.8) is 0 Å². The van der Waals surface area contributed by atoms with Crippen molar-refractivity contribution in [1.29, 1.82) is 0 Å². The number of hydrogen-bond acceptors (Lipinski definition) is 10. The quantitative estimate of drug-likeness (QED) is 0.192. The molecular weight excluding hydrogens is 496 g/mol. The van der Waals surface area contributed by atoms with Crippen molar-refractivity contribution < 1.29 is 49.1 Å². The summed E-state index contributed by atoms with van der Waals surface area (Å²) in [5.74, 6) is -7.03. The Labute approximate surface area is 219 Å². The van der Waals surface area contributed by atoms with Gasteiger partial charge in [0.2, 0.25) is 0 Å². The molecule has 0 spiro atoms. The molecule has 38 heavy (non-hydrogen) atoms. The lowest BCUT2D eigenvalue weighted by molar-refractivity contribution is -0.279. The summed E-state index contributed by atoms with van der Waals surface area (Å²) in [7, 11) is 0. The number of carbonyl (C=O) groups excluding carboxylic acids is 4. The summed E-state index contributed by atoms with van der Waals surface area (Å²) in [6.45, 7) is 8.32. The van der Waals surface area contributed by atoms with Gasteiger partial charge in [-0.15, -0.1) is 0 Å². The molecule has 2 heterocycles. The van der Waals surface area contributed by atoms with E-state index in [4.69, 9.17) is 9.47 Å². The fourth-order valence-electron chi connectivity index (χ4n) is 8.67. The van der Waals surface area contributed by atoms with E-state index in [-0.39, 0.29) is 24.2 Å². The molecule has 10 nitrogen and oxygen atoms in total. The molecule has 2 aliphatic heterocycles. The third kappa shape index (κ3) is 2.53. The average Bonchev–Trinajstić information content (AvgIpc) is 3.01. The maximum atomic E-state index is 14.4. The Morgan fingerprint density at radius 2 is 1.76 bits per heavy atom. The highest BCUT2D eigenvalue weighted by Crippen LogP contribution is 2.67.